The number of hydrogen-bond acceptors (Lipinski definition) is 1. The molecule has 3 rings (SSSR count). The van der Waals surface area contributed by atoms with Gasteiger partial charge in [-0.15, -0.1) is 0 Å². The Morgan fingerprint density at radius 2 is 2.11 bits per heavy atom. The van der Waals surface area contributed by atoms with Gasteiger partial charge in [0.2, 0.25) is 0 Å². The number of benzene rings is 1. The first kappa shape index (κ1) is 12.5. The Morgan fingerprint density at radius 3 is 2.79 bits per heavy atom. The van der Waals surface area contributed by atoms with E-state index in [1.54, 1.807) is 18.2 Å². The normalized spacial score (nSPS) is 28.4. The van der Waals surface area contributed by atoms with E-state index in [4.69, 9.17) is 0 Å². The predicted molar refractivity (Wildman–Crippen MR) is 72.4 cm³/mol. The van der Waals surface area contributed by atoms with Crippen LogP contribution in [0.3, 0.4) is 0 Å². The largest absolute Gasteiger partial charge is 0.338 e. The van der Waals surface area contributed by atoms with Crippen LogP contribution < -0.4 is 10.6 Å². The average Bonchev–Trinajstić information content (AvgIpc) is 3.01. The summed E-state index contributed by atoms with van der Waals surface area (Å²) in [4.78, 5) is 11.7. The molecule has 0 heterocycles. The van der Waals surface area contributed by atoms with Gasteiger partial charge in [0.15, 0.2) is 0 Å². The summed E-state index contributed by atoms with van der Waals surface area (Å²) in [5, 5.41) is 5.42. The highest BCUT2D eigenvalue weighted by molar-refractivity contribution is 5.89. The van der Waals surface area contributed by atoms with Gasteiger partial charge in [0.1, 0.15) is 5.82 Å². The van der Waals surface area contributed by atoms with Gasteiger partial charge in [-0.05, 0) is 49.1 Å². The van der Waals surface area contributed by atoms with Gasteiger partial charge in [-0.2, -0.15) is 0 Å². The number of carbonyl (C=O) groups excluding carboxylic acids is 1. The lowest BCUT2D eigenvalue weighted by Gasteiger charge is -2.21. The molecule has 2 bridgehead atoms. The smallest absolute Gasteiger partial charge is 0.319 e. The van der Waals surface area contributed by atoms with Crippen LogP contribution in [0.15, 0.2) is 24.3 Å². The molecule has 2 saturated carbocycles. The van der Waals surface area contributed by atoms with Gasteiger partial charge < -0.3 is 10.6 Å². The number of fused-ring (bicyclic) bond motifs is 2. The minimum absolute atomic E-state index is 0.230. The molecule has 2 amide bonds. The van der Waals surface area contributed by atoms with Crippen LogP contribution in [0.25, 0.3) is 0 Å². The van der Waals surface area contributed by atoms with Crippen LogP contribution in [0.4, 0.5) is 14.9 Å². The standard InChI is InChI=1S/C15H19FN2O/c16-13-3-1-2-4-14(13)18-15(19)17-9-12-8-10-5-6-11(12)7-10/h1-4,10-12H,5-9H2,(H2,17,18,19)/t10-,11-,12-/m1/s1. The second-order valence-corrected chi connectivity index (χ2v) is 5.75. The van der Waals surface area contributed by atoms with E-state index in [1.165, 1.54) is 31.7 Å². The maximum atomic E-state index is 13.4. The zero-order chi connectivity index (χ0) is 13.2. The van der Waals surface area contributed by atoms with E-state index in [1.807, 2.05) is 0 Å². The Balaban J connectivity index is 1.48. The van der Waals surface area contributed by atoms with E-state index in [2.05, 4.69) is 10.6 Å². The molecule has 4 heteroatoms. The van der Waals surface area contributed by atoms with Gasteiger partial charge >= 0.3 is 6.03 Å². The topological polar surface area (TPSA) is 41.1 Å². The Bertz CT molecular complexity index is 477. The first-order chi connectivity index (χ1) is 9.22. The van der Waals surface area contributed by atoms with Crippen LogP contribution in [0.2, 0.25) is 0 Å². The molecule has 0 spiro atoms. The highest BCUT2D eigenvalue weighted by atomic mass is 19.1. The molecule has 3 atom stereocenters. The van der Waals surface area contributed by atoms with Crippen LogP contribution in [0, 0.1) is 23.6 Å². The molecule has 2 aliphatic rings. The first-order valence-corrected chi connectivity index (χ1v) is 7.02. The fourth-order valence-corrected chi connectivity index (χ4v) is 3.58. The van der Waals surface area contributed by atoms with Gasteiger partial charge in [-0.1, -0.05) is 18.6 Å². The van der Waals surface area contributed by atoms with E-state index in [0.29, 0.717) is 12.5 Å². The summed E-state index contributed by atoms with van der Waals surface area (Å²) in [6.45, 7) is 0.710. The summed E-state index contributed by atoms with van der Waals surface area (Å²) in [6, 6.07) is 5.90. The molecule has 0 saturated heterocycles. The Hall–Kier alpha value is -1.58. The van der Waals surface area contributed by atoms with E-state index >= 15 is 0 Å². The monoisotopic (exact) mass is 262 g/mol. The van der Waals surface area contributed by atoms with Crippen molar-refractivity contribution >= 4 is 11.7 Å². The Morgan fingerprint density at radius 1 is 1.26 bits per heavy atom. The Kier molecular flexibility index (Phi) is 3.40. The lowest BCUT2D eigenvalue weighted by Crippen LogP contribution is -2.34. The molecular weight excluding hydrogens is 243 g/mol. The fraction of sp³-hybridized carbons (Fsp3) is 0.533. The Labute approximate surface area is 112 Å². The lowest BCUT2D eigenvalue weighted by molar-refractivity contribution is 0.245. The quantitative estimate of drug-likeness (QED) is 0.861. The summed E-state index contributed by atoms with van der Waals surface area (Å²) < 4.78 is 13.4. The number of nitrogens with one attached hydrogen (secondary N) is 2. The third kappa shape index (κ3) is 2.72. The molecule has 0 aromatic heterocycles. The SMILES string of the molecule is O=C(NC[C@H]1C[C@@H]2CC[C@@H]1C2)Nc1ccccc1F. The van der Waals surface area contributed by atoms with Crippen LogP contribution in [0.1, 0.15) is 25.7 Å². The molecule has 102 valence electrons. The second kappa shape index (κ2) is 5.19. The highest BCUT2D eigenvalue weighted by Gasteiger charge is 2.39. The highest BCUT2D eigenvalue weighted by Crippen LogP contribution is 2.47. The average molecular weight is 262 g/mol. The van der Waals surface area contributed by atoms with Crippen molar-refractivity contribution in [1.29, 1.82) is 0 Å². The van der Waals surface area contributed by atoms with Crippen molar-refractivity contribution in [3.63, 3.8) is 0 Å². The molecular formula is C15H19FN2O. The van der Waals surface area contributed by atoms with Gasteiger partial charge in [0.05, 0.1) is 5.69 Å². The summed E-state index contributed by atoms with van der Waals surface area (Å²) >= 11 is 0. The maximum Gasteiger partial charge on any atom is 0.319 e. The molecule has 0 unspecified atom stereocenters. The van der Waals surface area contributed by atoms with Crippen molar-refractivity contribution in [1.82, 2.24) is 5.32 Å². The van der Waals surface area contributed by atoms with Gasteiger partial charge in [0, 0.05) is 6.54 Å². The molecule has 1 aromatic carbocycles. The summed E-state index contributed by atoms with van der Waals surface area (Å²) in [5.74, 6) is 1.88. The number of carbonyl (C=O) groups is 1. The van der Waals surface area contributed by atoms with Crippen molar-refractivity contribution in [2.24, 2.45) is 17.8 Å². The summed E-state index contributed by atoms with van der Waals surface area (Å²) in [6.07, 6.45) is 5.25. The number of anilines is 1. The van der Waals surface area contributed by atoms with Crippen molar-refractivity contribution in [2.75, 3.05) is 11.9 Å². The predicted octanol–water partition coefficient (Wildman–Crippen LogP) is 3.38. The van der Waals surface area contributed by atoms with Gasteiger partial charge in [0.25, 0.3) is 0 Å². The second-order valence-electron chi connectivity index (χ2n) is 5.75. The van der Waals surface area contributed by atoms with E-state index in [-0.39, 0.29) is 11.7 Å². The third-order valence-electron chi connectivity index (χ3n) is 4.53. The van der Waals surface area contributed by atoms with Crippen molar-refractivity contribution < 1.29 is 9.18 Å². The molecule has 2 N–H and O–H groups in total. The molecule has 1 aromatic rings. The zero-order valence-electron chi connectivity index (χ0n) is 10.9. The molecule has 19 heavy (non-hydrogen) atoms. The van der Waals surface area contributed by atoms with Gasteiger partial charge in [-0.3, -0.25) is 0 Å². The van der Waals surface area contributed by atoms with Crippen LogP contribution in [-0.2, 0) is 0 Å². The fourth-order valence-electron chi connectivity index (χ4n) is 3.58. The van der Waals surface area contributed by atoms with Crippen molar-refractivity contribution in [2.45, 2.75) is 25.7 Å². The molecule has 0 aliphatic heterocycles. The van der Waals surface area contributed by atoms with E-state index in [0.717, 1.165) is 11.8 Å². The van der Waals surface area contributed by atoms with Crippen LogP contribution in [0.5, 0.6) is 0 Å². The number of hydrogen-bond donors (Lipinski definition) is 2. The third-order valence-corrected chi connectivity index (χ3v) is 4.53. The molecule has 2 fully saturated rings. The van der Waals surface area contributed by atoms with Gasteiger partial charge in [-0.25, -0.2) is 9.18 Å². The number of amides is 2. The minimum atomic E-state index is -0.405. The van der Waals surface area contributed by atoms with Crippen LogP contribution in [-0.4, -0.2) is 12.6 Å². The van der Waals surface area contributed by atoms with Crippen LogP contribution >= 0.6 is 0 Å². The first-order valence-electron chi connectivity index (χ1n) is 7.02. The number of rotatable bonds is 3. The molecule has 2 aliphatic carbocycles. The molecule has 3 nitrogen and oxygen atoms in total. The summed E-state index contributed by atoms with van der Waals surface area (Å²) in [5.41, 5.74) is 0.230. The molecule has 0 radical (unpaired) electrons. The number of para-hydroxylation sites is 1. The maximum absolute atomic E-state index is 13.4. The van der Waals surface area contributed by atoms with Crippen molar-refractivity contribution in [3.8, 4) is 0 Å². The van der Waals surface area contributed by atoms with E-state index in [9.17, 15) is 9.18 Å². The minimum Gasteiger partial charge on any atom is -0.338 e. The van der Waals surface area contributed by atoms with Crippen molar-refractivity contribution in [3.05, 3.63) is 30.1 Å². The number of urea groups is 1. The zero-order valence-corrected chi connectivity index (χ0v) is 10.9. The number of halogens is 1. The summed E-state index contributed by atoms with van der Waals surface area (Å²) in [7, 11) is 0. The van der Waals surface area contributed by atoms with E-state index < -0.39 is 5.82 Å². The lowest BCUT2D eigenvalue weighted by atomic mass is 9.89.